The number of thiophene rings is 1. The lowest BCUT2D eigenvalue weighted by atomic mass is 10.2. The maximum absolute atomic E-state index is 11.8. The van der Waals surface area contributed by atoms with Crippen molar-refractivity contribution in [2.75, 3.05) is 12.4 Å². The molecule has 3 aromatic rings. The van der Waals surface area contributed by atoms with E-state index in [0.29, 0.717) is 17.6 Å². The standard InChI is InChI=1S/C18H17NO2S3/c1-12-16-17(13(2)23-12)24-18(19-16)21-10-11-22-15(20)9-8-14-6-4-3-5-7-14/h3-9H,10-11H2,1-2H3. The van der Waals surface area contributed by atoms with Gasteiger partial charge in [-0.05, 0) is 25.5 Å². The van der Waals surface area contributed by atoms with Crippen LogP contribution in [0.2, 0.25) is 0 Å². The smallest absolute Gasteiger partial charge is 0.274 e. The van der Waals surface area contributed by atoms with Gasteiger partial charge in [0, 0.05) is 15.5 Å². The number of fused-ring (bicyclic) bond motifs is 1. The third-order valence-electron chi connectivity index (χ3n) is 3.33. The van der Waals surface area contributed by atoms with Crippen LogP contribution in [0, 0.1) is 13.8 Å². The molecule has 0 aliphatic carbocycles. The number of carbonyl (C=O) groups excluding carboxylic acids is 1. The Kier molecular flexibility index (Phi) is 5.71. The lowest BCUT2D eigenvalue weighted by Crippen LogP contribution is -2.01. The molecule has 124 valence electrons. The Balaban J connectivity index is 1.45. The van der Waals surface area contributed by atoms with Gasteiger partial charge in [0.2, 0.25) is 5.12 Å². The van der Waals surface area contributed by atoms with Crippen molar-refractivity contribution in [2.24, 2.45) is 0 Å². The first-order valence-electron chi connectivity index (χ1n) is 7.52. The van der Waals surface area contributed by atoms with Gasteiger partial charge in [-0.1, -0.05) is 59.5 Å². The van der Waals surface area contributed by atoms with E-state index in [1.54, 1.807) is 28.7 Å². The van der Waals surface area contributed by atoms with Gasteiger partial charge in [0.05, 0.1) is 10.2 Å². The van der Waals surface area contributed by atoms with Crippen LogP contribution in [0.25, 0.3) is 16.3 Å². The second-order valence-electron chi connectivity index (χ2n) is 5.13. The molecule has 0 atom stereocenters. The second-order valence-corrected chi connectivity index (χ2v) is 8.62. The molecule has 3 nitrogen and oxygen atoms in total. The minimum atomic E-state index is 0.0360. The lowest BCUT2D eigenvalue weighted by molar-refractivity contribution is -0.107. The molecule has 6 heteroatoms. The fraction of sp³-hybridized carbons (Fsp3) is 0.222. The summed E-state index contributed by atoms with van der Waals surface area (Å²) < 4.78 is 6.90. The number of ether oxygens (including phenoxy) is 1. The molecule has 0 fully saturated rings. The molecule has 1 aromatic carbocycles. The average Bonchev–Trinajstić information content (AvgIpc) is 3.12. The molecule has 0 saturated heterocycles. The maximum atomic E-state index is 11.8. The SMILES string of the molecule is Cc1sc(C)c2sc(OCCSC(=O)C=Cc3ccccc3)nc12. The van der Waals surface area contributed by atoms with Gasteiger partial charge in [-0.3, -0.25) is 4.79 Å². The van der Waals surface area contributed by atoms with Crippen LogP contribution in [0.15, 0.2) is 36.4 Å². The largest absolute Gasteiger partial charge is 0.469 e. The van der Waals surface area contributed by atoms with Crippen LogP contribution in [0.3, 0.4) is 0 Å². The zero-order valence-corrected chi connectivity index (χ0v) is 15.9. The van der Waals surface area contributed by atoms with E-state index in [-0.39, 0.29) is 5.12 Å². The van der Waals surface area contributed by atoms with Crippen molar-refractivity contribution >= 4 is 55.8 Å². The van der Waals surface area contributed by atoms with E-state index in [4.69, 9.17) is 4.74 Å². The molecule has 3 rings (SSSR count). The Bertz CT molecular complexity index is 831. The summed E-state index contributed by atoms with van der Waals surface area (Å²) in [6, 6.07) is 9.79. The second kappa shape index (κ2) is 7.96. The zero-order valence-electron chi connectivity index (χ0n) is 13.4. The summed E-state index contributed by atoms with van der Waals surface area (Å²) in [5.74, 6) is 0.613. The summed E-state index contributed by atoms with van der Waals surface area (Å²) in [5.41, 5.74) is 2.07. The van der Waals surface area contributed by atoms with E-state index in [1.807, 2.05) is 36.4 Å². The number of benzene rings is 1. The molecule has 0 N–H and O–H groups in total. The lowest BCUT2D eigenvalue weighted by Gasteiger charge is -2.00. The van der Waals surface area contributed by atoms with E-state index >= 15 is 0 Å². The van der Waals surface area contributed by atoms with Gasteiger partial charge in [-0.2, -0.15) is 0 Å². The number of hydrogen-bond acceptors (Lipinski definition) is 6. The Morgan fingerprint density at radius 2 is 2.00 bits per heavy atom. The van der Waals surface area contributed by atoms with Crippen molar-refractivity contribution in [3.05, 3.63) is 51.7 Å². The molecule has 0 saturated carbocycles. The van der Waals surface area contributed by atoms with Crippen molar-refractivity contribution in [1.29, 1.82) is 0 Å². The molecular weight excluding hydrogens is 358 g/mol. The summed E-state index contributed by atoms with van der Waals surface area (Å²) in [5, 5.41) is 0.723. The number of hydrogen-bond donors (Lipinski definition) is 0. The molecule has 0 radical (unpaired) electrons. The Morgan fingerprint density at radius 3 is 2.75 bits per heavy atom. The number of carbonyl (C=O) groups is 1. The summed E-state index contributed by atoms with van der Waals surface area (Å²) in [6.45, 7) is 4.67. The van der Waals surface area contributed by atoms with Crippen LogP contribution in [0.5, 0.6) is 5.19 Å². The molecule has 2 aromatic heterocycles. The van der Waals surface area contributed by atoms with Crippen LogP contribution in [-0.4, -0.2) is 22.5 Å². The third-order valence-corrected chi connectivity index (χ3v) is 6.35. The van der Waals surface area contributed by atoms with E-state index in [9.17, 15) is 4.79 Å². The highest BCUT2D eigenvalue weighted by atomic mass is 32.2. The highest BCUT2D eigenvalue weighted by Crippen LogP contribution is 2.37. The van der Waals surface area contributed by atoms with Crippen molar-refractivity contribution in [2.45, 2.75) is 13.8 Å². The molecule has 0 aliphatic heterocycles. The highest BCUT2D eigenvalue weighted by molar-refractivity contribution is 8.14. The minimum Gasteiger partial charge on any atom is -0.469 e. The van der Waals surface area contributed by atoms with Crippen molar-refractivity contribution < 1.29 is 9.53 Å². The predicted molar refractivity (Wildman–Crippen MR) is 105 cm³/mol. The number of aryl methyl sites for hydroxylation is 2. The normalized spacial score (nSPS) is 11.4. The molecule has 0 amide bonds. The number of rotatable bonds is 6. The van der Waals surface area contributed by atoms with E-state index in [0.717, 1.165) is 11.1 Å². The van der Waals surface area contributed by atoms with E-state index in [2.05, 4.69) is 18.8 Å². The molecule has 24 heavy (non-hydrogen) atoms. The zero-order chi connectivity index (χ0) is 16.9. The fourth-order valence-corrected chi connectivity index (χ4v) is 4.84. The quantitative estimate of drug-likeness (QED) is 0.431. The van der Waals surface area contributed by atoms with Crippen molar-refractivity contribution in [3.63, 3.8) is 0 Å². The Hall–Kier alpha value is -1.63. The maximum Gasteiger partial charge on any atom is 0.274 e. The van der Waals surface area contributed by atoms with Gasteiger partial charge >= 0.3 is 0 Å². The molecule has 0 aliphatic rings. The Morgan fingerprint density at radius 1 is 1.21 bits per heavy atom. The van der Waals surface area contributed by atoms with Gasteiger partial charge in [-0.25, -0.2) is 4.98 Å². The van der Waals surface area contributed by atoms with Crippen molar-refractivity contribution in [3.8, 4) is 5.19 Å². The number of nitrogens with zero attached hydrogens (tertiary/aromatic N) is 1. The van der Waals surface area contributed by atoms with Crippen LogP contribution >= 0.6 is 34.4 Å². The van der Waals surface area contributed by atoms with E-state index < -0.39 is 0 Å². The third kappa shape index (κ3) is 4.26. The number of thiazole rings is 1. The number of thioether (sulfide) groups is 1. The summed E-state index contributed by atoms with van der Waals surface area (Å²) in [6.07, 6.45) is 3.43. The fourth-order valence-electron chi connectivity index (χ4n) is 2.21. The molecule has 0 bridgehead atoms. The van der Waals surface area contributed by atoms with Gasteiger partial charge < -0.3 is 4.74 Å². The minimum absolute atomic E-state index is 0.0360. The molecular formula is C18H17NO2S3. The highest BCUT2D eigenvalue weighted by Gasteiger charge is 2.12. The average molecular weight is 376 g/mol. The summed E-state index contributed by atoms with van der Waals surface area (Å²) in [7, 11) is 0. The van der Waals surface area contributed by atoms with Crippen LogP contribution in [0.1, 0.15) is 15.3 Å². The van der Waals surface area contributed by atoms with Gasteiger partial charge in [0.25, 0.3) is 5.19 Å². The van der Waals surface area contributed by atoms with Crippen LogP contribution in [0.4, 0.5) is 0 Å². The first-order valence-corrected chi connectivity index (χ1v) is 10.1. The number of aromatic nitrogens is 1. The first-order chi connectivity index (χ1) is 11.6. The van der Waals surface area contributed by atoms with Crippen LogP contribution < -0.4 is 4.74 Å². The van der Waals surface area contributed by atoms with Gasteiger partial charge in [0.1, 0.15) is 6.61 Å². The van der Waals surface area contributed by atoms with Crippen LogP contribution in [-0.2, 0) is 4.79 Å². The molecule has 2 heterocycles. The molecule has 0 unspecified atom stereocenters. The monoisotopic (exact) mass is 375 g/mol. The Labute approximate surface area is 153 Å². The summed E-state index contributed by atoms with van der Waals surface area (Å²) >= 11 is 4.61. The summed E-state index contributed by atoms with van der Waals surface area (Å²) in [4.78, 5) is 18.9. The van der Waals surface area contributed by atoms with Gasteiger partial charge in [-0.15, -0.1) is 11.3 Å². The predicted octanol–water partition coefficient (Wildman–Crippen LogP) is 5.33. The van der Waals surface area contributed by atoms with Gasteiger partial charge in [0.15, 0.2) is 0 Å². The topological polar surface area (TPSA) is 39.2 Å². The van der Waals surface area contributed by atoms with Crippen molar-refractivity contribution in [1.82, 2.24) is 4.98 Å². The van der Waals surface area contributed by atoms with E-state index in [1.165, 1.54) is 26.2 Å². The first kappa shape index (κ1) is 17.2. The molecule has 0 spiro atoms.